The van der Waals surface area contributed by atoms with Crippen LogP contribution >= 0.6 is 0 Å². The summed E-state index contributed by atoms with van der Waals surface area (Å²) < 4.78 is 6.62. The Kier molecular flexibility index (Phi) is 5.01. The van der Waals surface area contributed by atoms with E-state index in [0.29, 0.717) is 34.2 Å². The monoisotopic (exact) mass is 457 g/mol. The van der Waals surface area contributed by atoms with Gasteiger partial charge in [0.15, 0.2) is 12.3 Å². The van der Waals surface area contributed by atoms with Crippen LogP contribution in [0.25, 0.3) is 16.5 Å². The van der Waals surface area contributed by atoms with Gasteiger partial charge in [-0.05, 0) is 74.5 Å². The van der Waals surface area contributed by atoms with Crippen LogP contribution in [-0.4, -0.2) is 33.8 Å². The third kappa shape index (κ3) is 3.69. The summed E-state index contributed by atoms with van der Waals surface area (Å²) in [5.74, 6) is 1.15. The highest BCUT2D eigenvalue weighted by atomic mass is 16.5. The van der Waals surface area contributed by atoms with Gasteiger partial charge >= 0.3 is 5.97 Å². The molecule has 4 fully saturated rings. The number of amides is 1. The topological polar surface area (TPSA) is 90.3 Å². The summed E-state index contributed by atoms with van der Waals surface area (Å²) in [6, 6.07) is 15.7. The molecule has 1 aromatic heterocycles. The molecule has 1 heterocycles. The molecular formula is C27H27N3O4. The third-order valence-electron chi connectivity index (χ3n) is 7.78. The fourth-order valence-electron chi connectivity index (χ4n) is 6.88. The smallest absolute Gasteiger partial charge is 0.359 e. The van der Waals surface area contributed by atoms with E-state index in [1.807, 2.05) is 6.07 Å². The van der Waals surface area contributed by atoms with E-state index in [1.165, 1.54) is 23.9 Å². The Morgan fingerprint density at radius 3 is 2.15 bits per heavy atom. The Hall–Kier alpha value is -3.48. The molecule has 0 saturated heterocycles. The molecule has 7 rings (SSSR count). The number of carbonyl (C=O) groups is 2. The summed E-state index contributed by atoms with van der Waals surface area (Å²) >= 11 is 0. The van der Waals surface area contributed by atoms with E-state index >= 15 is 0 Å². The number of fused-ring (bicyclic) bond motifs is 1. The van der Waals surface area contributed by atoms with Crippen LogP contribution in [0.4, 0.5) is 0 Å². The molecule has 4 saturated carbocycles. The number of hydrogen-bond acceptors (Lipinski definition) is 5. The first-order valence-electron chi connectivity index (χ1n) is 12.1. The van der Waals surface area contributed by atoms with Crippen LogP contribution < -0.4 is 10.9 Å². The van der Waals surface area contributed by atoms with Crippen molar-refractivity contribution in [2.45, 2.75) is 44.1 Å². The summed E-state index contributed by atoms with van der Waals surface area (Å²) in [7, 11) is 0. The van der Waals surface area contributed by atoms with Crippen molar-refractivity contribution in [3.63, 3.8) is 0 Å². The predicted molar refractivity (Wildman–Crippen MR) is 127 cm³/mol. The average Bonchev–Trinajstić information content (AvgIpc) is 2.82. The van der Waals surface area contributed by atoms with E-state index < -0.39 is 5.97 Å². The van der Waals surface area contributed by atoms with E-state index in [0.717, 1.165) is 19.3 Å². The lowest BCUT2D eigenvalue weighted by atomic mass is 9.53. The van der Waals surface area contributed by atoms with Crippen molar-refractivity contribution in [1.29, 1.82) is 0 Å². The quantitative estimate of drug-likeness (QED) is 0.591. The molecule has 7 nitrogen and oxygen atoms in total. The number of nitrogens with zero attached hydrogens (tertiary/aromatic N) is 2. The summed E-state index contributed by atoms with van der Waals surface area (Å²) in [6.07, 6.45) is 6.98. The number of para-hydroxylation sites is 1. The van der Waals surface area contributed by atoms with Crippen LogP contribution in [0.1, 0.15) is 49.0 Å². The van der Waals surface area contributed by atoms with E-state index in [2.05, 4.69) is 10.4 Å². The maximum absolute atomic E-state index is 13.0. The summed E-state index contributed by atoms with van der Waals surface area (Å²) in [6.45, 7) is -0.360. The molecule has 1 N–H and O–H groups in total. The number of carbonyl (C=O) groups excluding carboxylic acids is 2. The Balaban J connectivity index is 1.22. The van der Waals surface area contributed by atoms with Crippen molar-refractivity contribution in [2.24, 2.45) is 17.8 Å². The molecule has 4 aliphatic carbocycles. The molecule has 0 aliphatic heterocycles. The van der Waals surface area contributed by atoms with Crippen LogP contribution in [-0.2, 0) is 9.53 Å². The fraction of sp³-hybridized carbons (Fsp3) is 0.407. The van der Waals surface area contributed by atoms with Crippen molar-refractivity contribution in [3.8, 4) is 5.69 Å². The number of aromatic nitrogens is 2. The fourth-order valence-corrected chi connectivity index (χ4v) is 6.88. The minimum absolute atomic E-state index is 0.0154. The van der Waals surface area contributed by atoms with Gasteiger partial charge in [-0.15, -0.1) is 0 Å². The molecule has 3 aromatic rings. The van der Waals surface area contributed by atoms with E-state index in [4.69, 9.17) is 4.74 Å². The summed E-state index contributed by atoms with van der Waals surface area (Å²) in [4.78, 5) is 38.9. The first-order chi connectivity index (χ1) is 16.5. The van der Waals surface area contributed by atoms with Gasteiger partial charge in [0.25, 0.3) is 11.5 Å². The van der Waals surface area contributed by atoms with Crippen molar-refractivity contribution >= 4 is 22.6 Å². The Morgan fingerprint density at radius 2 is 1.50 bits per heavy atom. The SMILES string of the molecule is O=C(COC(=O)c1nn(-c2ccccc2)c(=O)c2ccccc12)NC12CC3CC(CC(C3)C1)C2. The first-order valence-corrected chi connectivity index (χ1v) is 12.1. The van der Waals surface area contributed by atoms with Crippen molar-refractivity contribution in [3.05, 3.63) is 70.6 Å². The van der Waals surface area contributed by atoms with Crippen molar-refractivity contribution in [2.75, 3.05) is 6.61 Å². The van der Waals surface area contributed by atoms with E-state index in [1.54, 1.807) is 48.5 Å². The molecule has 4 aliphatic rings. The lowest BCUT2D eigenvalue weighted by molar-refractivity contribution is -0.130. The second-order valence-electron chi connectivity index (χ2n) is 10.3. The summed E-state index contributed by atoms with van der Waals surface area (Å²) in [5, 5.41) is 8.33. The van der Waals surface area contributed by atoms with Gasteiger partial charge in [0.1, 0.15) is 0 Å². The normalized spacial score (nSPS) is 27.0. The van der Waals surface area contributed by atoms with Gasteiger partial charge in [-0.25, -0.2) is 4.79 Å². The highest BCUT2D eigenvalue weighted by Gasteiger charge is 2.51. The van der Waals surface area contributed by atoms with Crippen LogP contribution in [0.3, 0.4) is 0 Å². The largest absolute Gasteiger partial charge is 0.451 e. The molecule has 2 aromatic carbocycles. The minimum atomic E-state index is -0.721. The number of esters is 1. The van der Waals surface area contributed by atoms with Gasteiger partial charge in [0, 0.05) is 10.9 Å². The maximum Gasteiger partial charge on any atom is 0.359 e. The van der Waals surface area contributed by atoms with Gasteiger partial charge in [0.2, 0.25) is 0 Å². The van der Waals surface area contributed by atoms with Crippen molar-refractivity contribution in [1.82, 2.24) is 15.1 Å². The number of rotatable bonds is 5. The summed E-state index contributed by atoms with van der Waals surface area (Å²) in [5.41, 5.74) is 0.107. The zero-order valence-corrected chi connectivity index (χ0v) is 18.9. The van der Waals surface area contributed by atoms with Gasteiger partial charge in [-0.2, -0.15) is 9.78 Å². The molecule has 174 valence electrons. The highest BCUT2D eigenvalue weighted by Crippen LogP contribution is 2.55. The number of ether oxygens (including phenoxy) is 1. The van der Waals surface area contributed by atoms with E-state index in [9.17, 15) is 14.4 Å². The highest BCUT2D eigenvalue weighted by molar-refractivity contribution is 6.02. The zero-order valence-electron chi connectivity index (χ0n) is 18.9. The molecule has 0 spiro atoms. The van der Waals surface area contributed by atoms with Crippen LogP contribution in [0.2, 0.25) is 0 Å². The van der Waals surface area contributed by atoms with Gasteiger partial charge in [0.05, 0.1) is 11.1 Å². The Bertz CT molecular complexity index is 1300. The van der Waals surface area contributed by atoms with Crippen LogP contribution in [0, 0.1) is 17.8 Å². The second-order valence-corrected chi connectivity index (χ2v) is 10.3. The molecule has 0 radical (unpaired) electrons. The van der Waals surface area contributed by atoms with Gasteiger partial charge < -0.3 is 10.1 Å². The predicted octanol–water partition coefficient (Wildman–Crippen LogP) is 3.63. The van der Waals surface area contributed by atoms with Crippen LogP contribution in [0.5, 0.6) is 0 Å². The second kappa shape index (κ2) is 8.08. The Labute approximate surface area is 197 Å². The third-order valence-corrected chi connectivity index (χ3v) is 7.78. The average molecular weight is 458 g/mol. The molecule has 1 amide bonds. The molecular weight excluding hydrogens is 430 g/mol. The van der Waals surface area contributed by atoms with E-state index in [-0.39, 0.29) is 29.3 Å². The zero-order chi connectivity index (χ0) is 23.3. The maximum atomic E-state index is 13.0. The molecule has 7 heteroatoms. The molecule has 0 atom stereocenters. The Morgan fingerprint density at radius 1 is 0.912 bits per heavy atom. The first kappa shape index (κ1) is 21.1. The number of benzene rings is 2. The number of hydrogen-bond donors (Lipinski definition) is 1. The standard InChI is InChI=1S/C27H27N3O4/c31-23(28-27-13-17-10-18(14-27)12-19(11-17)15-27)16-34-26(33)24-21-8-4-5-9-22(21)25(32)30(29-24)20-6-2-1-3-7-20/h1-9,17-19H,10-16H2,(H,28,31). The molecule has 34 heavy (non-hydrogen) atoms. The number of nitrogens with one attached hydrogen (secondary N) is 1. The molecule has 0 unspecified atom stereocenters. The van der Waals surface area contributed by atoms with Crippen molar-refractivity contribution < 1.29 is 14.3 Å². The lowest BCUT2D eigenvalue weighted by Gasteiger charge is -2.56. The van der Waals surface area contributed by atoms with Gasteiger partial charge in [-0.1, -0.05) is 36.4 Å². The molecule has 4 bridgehead atoms. The minimum Gasteiger partial charge on any atom is -0.451 e. The van der Waals surface area contributed by atoms with Crippen LogP contribution in [0.15, 0.2) is 59.4 Å². The van der Waals surface area contributed by atoms with Gasteiger partial charge in [-0.3, -0.25) is 9.59 Å². The lowest BCUT2D eigenvalue weighted by Crippen LogP contribution is -2.60.